The lowest BCUT2D eigenvalue weighted by atomic mass is 10.0. The zero-order chi connectivity index (χ0) is 13.1. The van der Waals surface area contributed by atoms with Gasteiger partial charge in [-0.15, -0.1) is 0 Å². The smallest absolute Gasteiger partial charge is 0.308 e. The van der Waals surface area contributed by atoms with Gasteiger partial charge in [-0.3, -0.25) is 4.79 Å². The van der Waals surface area contributed by atoms with Gasteiger partial charge in [0.1, 0.15) is 5.75 Å². The summed E-state index contributed by atoms with van der Waals surface area (Å²) in [5.74, 6) is 0.104. The predicted octanol–water partition coefficient (Wildman–Crippen LogP) is 2.44. The molecule has 0 aliphatic rings. The summed E-state index contributed by atoms with van der Waals surface area (Å²) >= 11 is 0. The van der Waals surface area contributed by atoms with Crippen LogP contribution >= 0.6 is 0 Å². The van der Waals surface area contributed by atoms with Crippen LogP contribution in [0.25, 0.3) is 11.1 Å². The average Bonchev–Trinajstić information content (AvgIpc) is 2.31. The van der Waals surface area contributed by atoms with Crippen molar-refractivity contribution in [3.05, 3.63) is 42.5 Å². The highest BCUT2D eigenvalue weighted by Gasteiger charge is 2.09. The highest BCUT2D eigenvalue weighted by molar-refractivity contribution is 5.79. The number of carbonyl (C=O) groups is 1. The molecule has 0 atom stereocenters. The van der Waals surface area contributed by atoms with Crippen LogP contribution in [0.4, 0.5) is 11.4 Å². The van der Waals surface area contributed by atoms with Crippen LogP contribution in [0.2, 0.25) is 0 Å². The fourth-order valence-electron chi connectivity index (χ4n) is 1.72. The second-order valence-electron chi connectivity index (χ2n) is 3.97. The van der Waals surface area contributed by atoms with Crippen molar-refractivity contribution in [2.45, 2.75) is 6.92 Å². The molecule has 0 aliphatic heterocycles. The van der Waals surface area contributed by atoms with Crippen LogP contribution < -0.4 is 16.2 Å². The third-order valence-electron chi connectivity index (χ3n) is 2.45. The fourth-order valence-corrected chi connectivity index (χ4v) is 1.72. The summed E-state index contributed by atoms with van der Waals surface area (Å²) in [5.41, 5.74) is 14.4. The largest absolute Gasteiger partial charge is 0.426 e. The standard InChI is InChI=1S/C14H14N2O2/c1-9(17)18-14-6-5-12(16)8-13(14)10-3-2-4-11(15)7-10/h2-8H,15-16H2,1H3. The number of esters is 1. The number of nitrogens with two attached hydrogens (primary N) is 2. The Morgan fingerprint density at radius 1 is 1.06 bits per heavy atom. The highest BCUT2D eigenvalue weighted by Crippen LogP contribution is 2.32. The molecule has 0 bridgehead atoms. The van der Waals surface area contributed by atoms with Crippen molar-refractivity contribution in [1.82, 2.24) is 0 Å². The first-order valence-electron chi connectivity index (χ1n) is 5.50. The van der Waals surface area contributed by atoms with E-state index in [0.29, 0.717) is 17.1 Å². The molecule has 0 saturated carbocycles. The molecule has 0 saturated heterocycles. The third kappa shape index (κ3) is 2.60. The molecule has 0 heterocycles. The van der Waals surface area contributed by atoms with Gasteiger partial charge in [0, 0.05) is 23.9 Å². The molecule has 0 radical (unpaired) electrons. The lowest BCUT2D eigenvalue weighted by molar-refractivity contribution is -0.131. The van der Waals surface area contributed by atoms with Crippen LogP contribution in [0.1, 0.15) is 6.92 Å². The monoisotopic (exact) mass is 242 g/mol. The minimum absolute atomic E-state index is 0.370. The zero-order valence-corrected chi connectivity index (χ0v) is 10.0. The molecule has 92 valence electrons. The maximum atomic E-state index is 11.1. The van der Waals surface area contributed by atoms with Gasteiger partial charge in [-0.25, -0.2) is 0 Å². The van der Waals surface area contributed by atoms with Gasteiger partial charge < -0.3 is 16.2 Å². The quantitative estimate of drug-likeness (QED) is 0.481. The Kier molecular flexibility index (Phi) is 3.19. The number of hydrogen-bond donors (Lipinski definition) is 2. The summed E-state index contributed by atoms with van der Waals surface area (Å²) in [6.07, 6.45) is 0. The molecule has 2 aromatic carbocycles. The Bertz CT molecular complexity index is 594. The summed E-state index contributed by atoms with van der Waals surface area (Å²) in [4.78, 5) is 11.1. The van der Waals surface area contributed by atoms with Crippen LogP contribution in [0.5, 0.6) is 5.75 Å². The van der Waals surface area contributed by atoms with Crippen LogP contribution in [0.3, 0.4) is 0 Å². The first-order valence-corrected chi connectivity index (χ1v) is 5.50. The van der Waals surface area contributed by atoms with E-state index < -0.39 is 0 Å². The molecule has 2 aromatic rings. The van der Waals surface area contributed by atoms with Gasteiger partial charge in [0.05, 0.1) is 0 Å². The van der Waals surface area contributed by atoms with Crippen molar-refractivity contribution in [3.8, 4) is 16.9 Å². The molecule has 18 heavy (non-hydrogen) atoms. The van der Waals surface area contributed by atoms with Crippen LogP contribution in [-0.2, 0) is 4.79 Å². The molecule has 0 aliphatic carbocycles. The van der Waals surface area contributed by atoms with E-state index in [2.05, 4.69) is 0 Å². The second kappa shape index (κ2) is 4.79. The zero-order valence-electron chi connectivity index (χ0n) is 10.0. The van der Waals surface area contributed by atoms with E-state index in [9.17, 15) is 4.79 Å². The second-order valence-corrected chi connectivity index (χ2v) is 3.97. The average molecular weight is 242 g/mol. The molecule has 0 amide bonds. The molecule has 0 spiro atoms. The van der Waals surface area contributed by atoms with Crippen molar-refractivity contribution in [2.24, 2.45) is 0 Å². The number of nitrogen functional groups attached to an aromatic ring is 2. The Morgan fingerprint density at radius 3 is 2.44 bits per heavy atom. The summed E-state index contributed by atoms with van der Waals surface area (Å²) in [6, 6.07) is 12.4. The molecule has 0 aromatic heterocycles. The maximum absolute atomic E-state index is 11.1. The van der Waals surface area contributed by atoms with E-state index in [-0.39, 0.29) is 5.97 Å². The van der Waals surface area contributed by atoms with E-state index in [1.54, 1.807) is 24.3 Å². The van der Waals surface area contributed by atoms with Crippen molar-refractivity contribution < 1.29 is 9.53 Å². The summed E-state index contributed by atoms with van der Waals surface area (Å²) in [7, 11) is 0. The lowest BCUT2D eigenvalue weighted by Gasteiger charge is -2.10. The first-order chi connectivity index (χ1) is 8.56. The van der Waals surface area contributed by atoms with Gasteiger partial charge in [-0.1, -0.05) is 12.1 Å². The molecule has 2 rings (SSSR count). The van der Waals surface area contributed by atoms with Crippen LogP contribution in [-0.4, -0.2) is 5.97 Å². The van der Waals surface area contributed by atoms with E-state index in [4.69, 9.17) is 16.2 Å². The first kappa shape index (κ1) is 12.0. The topological polar surface area (TPSA) is 78.3 Å². The molecule has 0 unspecified atom stereocenters. The van der Waals surface area contributed by atoms with Gasteiger partial charge in [0.25, 0.3) is 0 Å². The van der Waals surface area contributed by atoms with E-state index in [0.717, 1.165) is 11.1 Å². The number of hydrogen-bond acceptors (Lipinski definition) is 4. The van der Waals surface area contributed by atoms with Crippen molar-refractivity contribution in [1.29, 1.82) is 0 Å². The molecule has 0 fully saturated rings. The van der Waals surface area contributed by atoms with Gasteiger partial charge >= 0.3 is 5.97 Å². The Morgan fingerprint density at radius 2 is 1.78 bits per heavy atom. The number of rotatable bonds is 2. The normalized spacial score (nSPS) is 10.1. The summed E-state index contributed by atoms with van der Waals surface area (Å²) < 4.78 is 5.16. The van der Waals surface area contributed by atoms with E-state index in [1.807, 2.05) is 18.2 Å². The number of anilines is 2. The Balaban J connectivity index is 2.54. The minimum Gasteiger partial charge on any atom is -0.426 e. The minimum atomic E-state index is -0.370. The van der Waals surface area contributed by atoms with Gasteiger partial charge in [0.15, 0.2) is 0 Å². The predicted molar refractivity (Wildman–Crippen MR) is 72.0 cm³/mol. The highest BCUT2D eigenvalue weighted by atomic mass is 16.5. The third-order valence-corrected chi connectivity index (χ3v) is 2.45. The fraction of sp³-hybridized carbons (Fsp3) is 0.0714. The van der Waals surface area contributed by atoms with Gasteiger partial charge in [-0.05, 0) is 35.9 Å². The number of ether oxygens (including phenoxy) is 1. The maximum Gasteiger partial charge on any atom is 0.308 e. The van der Waals surface area contributed by atoms with Crippen LogP contribution in [0.15, 0.2) is 42.5 Å². The number of benzene rings is 2. The Labute approximate surface area is 105 Å². The van der Waals surface area contributed by atoms with Crippen molar-refractivity contribution in [3.63, 3.8) is 0 Å². The SMILES string of the molecule is CC(=O)Oc1ccc(N)cc1-c1cccc(N)c1. The van der Waals surface area contributed by atoms with Crippen LogP contribution in [0, 0.1) is 0 Å². The molecule has 4 nitrogen and oxygen atoms in total. The van der Waals surface area contributed by atoms with Crippen molar-refractivity contribution >= 4 is 17.3 Å². The van der Waals surface area contributed by atoms with E-state index >= 15 is 0 Å². The lowest BCUT2D eigenvalue weighted by Crippen LogP contribution is -2.03. The van der Waals surface area contributed by atoms with E-state index in [1.165, 1.54) is 6.92 Å². The summed E-state index contributed by atoms with van der Waals surface area (Å²) in [6.45, 7) is 1.36. The molecule has 4 heteroatoms. The van der Waals surface area contributed by atoms with Gasteiger partial charge in [0.2, 0.25) is 0 Å². The summed E-state index contributed by atoms with van der Waals surface area (Å²) in [5, 5.41) is 0. The molecular formula is C14H14N2O2. The molecule has 4 N–H and O–H groups in total. The Hall–Kier alpha value is -2.49. The number of carbonyl (C=O) groups excluding carboxylic acids is 1. The van der Waals surface area contributed by atoms with Crippen molar-refractivity contribution in [2.75, 3.05) is 11.5 Å². The van der Waals surface area contributed by atoms with Gasteiger partial charge in [-0.2, -0.15) is 0 Å². The molecular weight excluding hydrogens is 228 g/mol.